The average molecular weight is 353 g/mol. The monoisotopic (exact) mass is 353 g/mol. The van der Waals surface area contributed by atoms with Gasteiger partial charge in [-0.15, -0.1) is 0 Å². The van der Waals surface area contributed by atoms with Crippen molar-refractivity contribution in [2.24, 2.45) is 0 Å². The molecule has 7 heteroatoms. The van der Waals surface area contributed by atoms with Gasteiger partial charge in [-0.05, 0) is 31.7 Å². The number of nitrogens with one attached hydrogen (secondary N) is 1. The number of ether oxygens (including phenoxy) is 1. The van der Waals surface area contributed by atoms with Crippen LogP contribution in [-0.4, -0.2) is 24.5 Å². The zero-order valence-corrected chi connectivity index (χ0v) is 15.2. The molecule has 1 N–H and O–H groups in total. The summed E-state index contributed by atoms with van der Waals surface area (Å²) in [4.78, 5) is 29.6. The molecule has 0 aliphatic heterocycles. The molecule has 0 bridgehead atoms. The maximum atomic E-state index is 13.0. The van der Waals surface area contributed by atoms with Gasteiger partial charge in [-0.25, -0.2) is 9.97 Å². The molecule has 1 aliphatic carbocycles. The van der Waals surface area contributed by atoms with Crippen molar-refractivity contribution in [3.05, 3.63) is 40.1 Å². The number of aromatic amines is 1. The third kappa shape index (κ3) is 3.09. The van der Waals surface area contributed by atoms with Gasteiger partial charge in [-0.3, -0.25) is 9.36 Å². The van der Waals surface area contributed by atoms with E-state index in [1.165, 1.54) is 12.8 Å². The number of hydrogen-bond acceptors (Lipinski definition) is 5. The highest BCUT2D eigenvalue weighted by atomic mass is 16.5. The molecule has 3 aromatic rings. The fourth-order valence-electron chi connectivity index (χ4n) is 3.48. The molecule has 1 saturated carbocycles. The predicted molar refractivity (Wildman–Crippen MR) is 98.7 cm³/mol. The van der Waals surface area contributed by atoms with E-state index in [9.17, 15) is 4.79 Å². The number of nitrogens with zero attached hydrogens (tertiary/aromatic N) is 4. The number of aromatic nitrogens is 5. The van der Waals surface area contributed by atoms with Crippen LogP contribution < -0.4 is 10.3 Å². The summed E-state index contributed by atoms with van der Waals surface area (Å²) in [6.07, 6.45) is 7.17. The van der Waals surface area contributed by atoms with Crippen LogP contribution in [0.25, 0.3) is 11.2 Å². The number of fused-ring (bicyclic) bond motifs is 1. The van der Waals surface area contributed by atoms with Gasteiger partial charge in [0, 0.05) is 24.7 Å². The second-order valence-electron chi connectivity index (χ2n) is 6.93. The lowest BCUT2D eigenvalue weighted by molar-refractivity contribution is 0.385. The maximum absolute atomic E-state index is 13.0. The third-order valence-corrected chi connectivity index (χ3v) is 4.86. The summed E-state index contributed by atoms with van der Waals surface area (Å²) in [6, 6.07) is 3.93. The summed E-state index contributed by atoms with van der Waals surface area (Å²) in [7, 11) is 0. The summed E-state index contributed by atoms with van der Waals surface area (Å²) in [5.41, 5.74) is 1.78. The zero-order valence-electron chi connectivity index (χ0n) is 15.2. The Morgan fingerprint density at radius 2 is 2.08 bits per heavy atom. The van der Waals surface area contributed by atoms with Gasteiger partial charge < -0.3 is 9.72 Å². The van der Waals surface area contributed by atoms with Crippen LogP contribution in [0.15, 0.2) is 23.1 Å². The van der Waals surface area contributed by atoms with E-state index in [1.54, 1.807) is 16.8 Å². The van der Waals surface area contributed by atoms with Gasteiger partial charge in [0.05, 0.1) is 0 Å². The number of imidazole rings is 1. The molecule has 0 radical (unpaired) electrons. The molecule has 0 atom stereocenters. The number of H-pyrrole nitrogens is 1. The number of pyridine rings is 1. The smallest absolute Gasteiger partial charge is 0.308 e. The van der Waals surface area contributed by atoms with Gasteiger partial charge in [0.25, 0.3) is 5.56 Å². The molecule has 3 aromatic heterocycles. The molecule has 136 valence electrons. The molecule has 0 spiro atoms. The largest absolute Gasteiger partial charge is 0.406 e. The number of rotatable bonds is 5. The Morgan fingerprint density at radius 3 is 2.77 bits per heavy atom. The maximum Gasteiger partial charge on any atom is 0.308 e. The third-order valence-electron chi connectivity index (χ3n) is 4.86. The molecular weight excluding hydrogens is 330 g/mol. The van der Waals surface area contributed by atoms with E-state index in [2.05, 4.69) is 19.9 Å². The van der Waals surface area contributed by atoms with E-state index in [1.807, 2.05) is 19.9 Å². The van der Waals surface area contributed by atoms with Crippen LogP contribution in [0.5, 0.6) is 11.9 Å². The fourth-order valence-corrected chi connectivity index (χ4v) is 3.48. The van der Waals surface area contributed by atoms with Crippen molar-refractivity contribution in [3.63, 3.8) is 0 Å². The summed E-state index contributed by atoms with van der Waals surface area (Å²) >= 11 is 0. The van der Waals surface area contributed by atoms with Crippen LogP contribution in [-0.2, 0) is 6.54 Å². The van der Waals surface area contributed by atoms with Gasteiger partial charge in [0.15, 0.2) is 11.2 Å². The van der Waals surface area contributed by atoms with E-state index < -0.39 is 0 Å². The second kappa shape index (κ2) is 6.90. The van der Waals surface area contributed by atoms with Gasteiger partial charge in [0.1, 0.15) is 5.82 Å². The minimum absolute atomic E-state index is 0.143. The Bertz CT molecular complexity index is 968. The van der Waals surface area contributed by atoms with Crippen LogP contribution in [0.3, 0.4) is 0 Å². The Labute approximate surface area is 151 Å². The van der Waals surface area contributed by atoms with Crippen LogP contribution in [0.2, 0.25) is 0 Å². The Morgan fingerprint density at radius 1 is 1.27 bits per heavy atom. The first-order valence-electron chi connectivity index (χ1n) is 9.26. The highest BCUT2D eigenvalue weighted by Gasteiger charge is 2.23. The van der Waals surface area contributed by atoms with Gasteiger partial charge >= 0.3 is 6.01 Å². The minimum atomic E-state index is -0.143. The summed E-state index contributed by atoms with van der Waals surface area (Å²) in [6.45, 7) is 4.50. The van der Waals surface area contributed by atoms with Crippen molar-refractivity contribution in [2.45, 2.75) is 58.4 Å². The quantitative estimate of drug-likeness (QED) is 0.756. The van der Waals surface area contributed by atoms with Crippen molar-refractivity contribution >= 4 is 11.2 Å². The van der Waals surface area contributed by atoms with Gasteiger partial charge in [0.2, 0.25) is 5.88 Å². The molecule has 26 heavy (non-hydrogen) atoms. The molecule has 7 nitrogen and oxygen atoms in total. The highest BCUT2D eigenvalue weighted by Crippen LogP contribution is 2.33. The van der Waals surface area contributed by atoms with Crippen molar-refractivity contribution in [3.8, 4) is 11.9 Å². The van der Waals surface area contributed by atoms with Crippen LogP contribution in [0, 0.1) is 6.92 Å². The molecule has 4 rings (SSSR count). The number of aryl methyl sites for hydroxylation is 1. The predicted octanol–water partition coefficient (Wildman–Crippen LogP) is 3.68. The normalized spacial score (nSPS) is 15.0. The Hall–Kier alpha value is -2.70. The highest BCUT2D eigenvalue weighted by molar-refractivity contribution is 5.70. The fraction of sp³-hybridized carbons (Fsp3) is 0.474. The summed E-state index contributed by atoms with van der Waals surface area (Å²) in [5, 5.41) is 0. The standard InChI is InChI=1S/C19H23N5O2/c1-3-10-24-18(25)15-17(22-16(21-15)13-6-4-5-7-13)23-19(24)26-14-9-8-12(2)11-20-14/h8-9,11,13H,3-7,10H2,1-2H3,(H,21,22). The van der Waals surface area contributed by atoms with Gasteiger partial charge in [-0.1, -0.05) is 25.8 Å². The minimum Gasteiger partial charge on any atom is -0.406 e. The van der Waals surface area contributed by atoms with E-state index >= 15 is 0 Å². The van der Waals surface area contributed by atoms with Crippen LogP contribution in [0.1, 0.15) is 56.3 Å². The molecule has 0 amide bonds. The SMILES string of the molecule is CCCn1c(Oc2ccc(C)cn2)nc2nc(C3CCCC3)[nH]c2c1=O. The average Bonchev–Trinajstić information content (AvgIpc) is 3.29. The van der Waals surface area contributed by atoms with Crippen molar-refractivity contribution in [1.29, 1.82) is 0 Å². The van der Waals surface area contributed by atoms with Gasteiger partial charge in [-0.2, -0.15) is 4.98 Å². The van der Waals surface area contributed by atoms with Crippen LogP contribution >= 0.6 is 0 Å². The zero-order chi connectivity index (χ0) is 18.1. The summed E-state index contributed by atoms with van der Waals surface area (Å²) < 4.78 is 7.38. The van der Waals surface area contributed by atoms with E-state index in [4.69, 9.17) is 4.74 Å². The number of hydrogen-bond donors (Lipinski definition) is 1. The van der Waals surface area contributed by atoms with Crippen molar-refractivity contribution < 1.29 is 4.74 Å². The molecule has 1 fully saturated rings. The molecule has 1 aliphatic rings. The molecule has 0 saturated heterocycles. The molecular formula is C19H23N5O2. The Kier molecular flexibility index (Phi) is 4.44. The lowest BCUT2D eigenvalue weighted by atomic mass is 10.1. The lowest BCUT2D eigenvalue weighted by Crippen LogP contribution is -2.23. The van der Waals surface area contributed by atoms with E-state index in [-0.39, 0.29) is 11.6 Å². The first kappa shape index (κ1) is 16.8. The molecule has 0 aromatic carbocycles. The summed E-state index contributed by atoms with van der Waals surface area (Å²) in [5.74, 6) is 1.68. The van der Waals surface area contributed by atoms with E-state index in [0.717, 1.165) is 30.7 Å². The van der Waals surface area contributed by atoms with Crippen molar-refractivity contribution in [1.82, 2.24) is 24.5 Å². The van der Waals surface area contributed by atoms with E-state index in [0.29, 0.717) is 29.5 Å². The molecule has 3 heterocycles. The topological polar surface area (TPSA) is 85.7 Å². The molecule has 0 unspecified atom stereocenters. The van der Waals surface area contributed by atoms with Crippen molar-refractivity contribution in [2.75, 3.05) is 0 Å². The first-order chi connectivity index (χ1) is 12.7. The lowest BCUT2D eigenvalue weighted by Gasteiger charge is -2.10. The first-order valence-corrected chi connectivity index (χ1v) is 9.26. The van der Waals surface area contributed by atoms with Crippen LogP contribution in [0.4, 0.5) is 0 Å². The Balaban J connectivity index is 1.78. The second-order valence-corrected chi connectivity index (χ2v) is 6.93.